The maximum atomic E-state index is 4.76. The molecule has 0 aliphatic rings. The van der Waals surface area contributed by atoms with Gasteiger partial charge in [0.15, 0.2) is 0 Å². The van der Waals surface area contributed by atoms with Gasteiger partial charge in [-0.05, 0) is 0 Å². The van der Waals surface area contributed by atoms with Crippen LogP contribution in [0.25, 0.3) is 0 Å². The van der Waals surface area contributed by atoms with E-state index in [9.17, 15) is 0 Å². The normalized spacial score (nSPS) is 4.50. The van der Waals surface area contributed by atoms with Crippen molar-refractivity contribution in [2.75, 3.05) is 5.34 Å². The topological polar surface area (TPSA) is 0 Å². The van der Waals surface area contributed by atoms with Crippen LogP contribution in [0.4, 0.5) is 0 Å². The molecular formula is CH4Cl2Na+. The summed E-state index contributed by atoms with van der Waals surface area (Å²) < 4.78 is 0. The van der Waals surface area contributed by atoms with Crippen molar-refractivity contribution >= 4 is 52.8 Å². The summed E-state index contributed by atoms with van der Waals surface area (Å²) in [5.74, 6) is 0. The molecule has 22 valence electrons. The fourth-order valence-electron chi connectivity index (χ4n) is 0. The molecule has 0 heterocycles. The van der Waals surface area contributed by atoms with Crippen LogP contribution < -0.4 is 0 Å². The summed E-state index contributed by atoms with van der Waals surface area (Å²) in [6.45, 7) is 0. The zero-order valence-electron chi connectivity index (χ0n) is 2.46. The van der Waals surface area contributed by atoms with Crippen molar-refractivity contribution in [3.63, 3.8) is 0 Å². The first kappa shape index (κ1) is 9.13. The minimum absolute atomic E-state index is 0. The van der Waals surface area contributed by atoms with E-state index in [0.717, 1.165) is 0 Å². The number of halogens is 2. The Morgan fingerprint density at radius 1 is 1.50 bits per heavy atom. The van der Waals surface area contributed by atoms with Gasteiger partial charge in [0.1, 0.15) is 0 Å². The van der Waals surface area contributed by atoms with Crippen LogP contribution in [0.5, 0.6) is 0 Å². The van der Waals surface area contributed by atoms with Gasteiger partial charge in [-0.1, -0.05) is 0 Å². The summed E-state index contributed by atoms with van der Waals surface area (Å²) in [4.78, 5) is 0. The average Bonchev–Trinajstić information content (AvgIpc) is 0.918. The van der Waals surface area contributed by atoms with Crippen LogP contribution in [0.1, 0.15) is 1.43 Å². The molecule has 0 atom stereocenters. The molecule has 0 saturated heterocycles. The second-order valence-electron chi connectivity index (χ2n) is 0.101. The Hall–Kier alpha value is 1.58. The summed E-state index contributed by atoms with van der Waals surface area (Å²) in [6.07, 6.45) is 0. The molecule has 0 nitrogen and oxygen atoms in total. The van der Waals surface area contributed by atoms with Gasteiger partial charge in [0.05, 0.1) is 5.34 Å². The Morgan fingerprint density at radius 3 is 1.50 bits per heavy atom. The summed E-state index contributed by atoms with van der Waals surface area (Å²) >= 11 is 9.53. The van der Waals surface area contributed by atoms with Crippen LogP contribution >= 0.6 is 23.2 Å². The first-order valence-corrected chi connectivity index (χ1v) is 1.60. The fraction of sp³-hybridized carbons (Fsp3) is 1.00. The monoisotopic (exact) mass is 109 g/mol. The predicted molar refractivity (Wildman–Crippen MR) is 24.8 cm³/mol. The van der Waals surface area contributed by atoms with Gasteiger partial charge in [-0.3, -0.25) is 0 Å². The van der Waals surface area contributed by atoms with Gasteiger partial charge in [-0.15, -0.1) is 23.2 Å². The third-order valence-electron chi connectivity index (χ3n) is 0. The maximum absolute atomic E-state index is 4.76. The summed E-state index contributed by atoms with van der Waals surface area (Å²) in [7, 11) is 0. The van der Waals surface area contributed by atoms with Gasteiger partial charge in [0.2, 0.25) is 0 Å². The van der Waals surface area contributed by atoms with Gasteiger partial charge < -0.3 is 0 Å². The first-order chi connectivity index (χ1) is 1.41. The Morgan fingerprint density at radius 2 is 1.50 bits per heavy atom. The van der Waals surface area contributed by atoms with Crippen LogP contribution in [0.15, 0.2) is 0 Å². The van der Waals surface area contributed by atoms with Crippen molar-refractivity contribution in [1.82, 2.24) is 0 Å². The molecule has 0 aromatic rings. The molecular weight excluding hydrogens is 106 g/mol. The van der Waals surface area contributed by atoms with Crippen molar-refractivity contribution in [2.45, 2.75) is 0 Å². The van der Waals surface area contributed by atoms with E-state index in [1.165, 1.54) is 0 Å². The molecule has 3 heteroatoms. The molecule has 0 rings (SSSR count). The SMILES string of the molecule is ClCCl.[H+].[NaH]. The van der Waals surface area contributed by atoms with Crippen LogP contribution in [0, 0.1) is 0 Å². The molecule has 4 heavy (non-hydrogen) atoms. The molecule has 0 aromatic heterocycles. The van der Waals surface area contributed by atoms with E-state index in [1.807, 2.05) is 0 Å². The van der Waals surface area contributed by atoms with E-state index in [4.69, 9.17) is 23.2 Å². The van der Waals surface area contributed by atoms with Gasteiger partial charge in [-0.25, -0.2) is 0 Å². The van der Waals surface area contributed by atoms with Crippen molar-refractivity contribution < 1.29 is 1.43 Å². The Labute approximate surface area is 59.2 Å². The van der Waals surface area contributed by atoms with Gasteiger partial charge in [-0.2, -0.15) is 0 Å². The number of rotatable bonds is 0. The summed E-state index contributed by atoms with van der Waals surface area (Å²) in [5.41, 5.74) is 0. The number of hydrogen-bond donors (Lipinski definition) is 0. The van der Waals surface area contributed by atoms with Gasteiger partial charge >= 0.3 is 31.0 Å². The van der Waals surface area contributed by atoms with Crippen LogP contribution in [-0.4, -0.2) is 34.9 Å². The van der Waals surface area contributed by atoms with Gasteiger partial charge in [0, 0.05) is 0 Å². The quantitative estimate of drug-likeness (QED) is 0.320. The zero-order valence-corrected chi connectivity index (χ0v) is 2.97. The van der Waals surface area contributed by atoms with E-state index in [0.29, 0.717) is 0 Å². The fourth-order valence-corrected chi connectivity index (χ4v) is 0. The summed E-state index contributed by atoms with van der Waals surface area (Å²) in [6, 6.07) is 0. The van der Waals surface area contributed by atoms with E-state index < -0.39 is 0 Å². The van der Waals surface area contributed by atoms with E-state index in [2.05, 4.69) is 0 Å². The van der Waals surface area contributed by atoms with E-state index >= 15 is 0 Å². The predicted octanol–water partition coefficient (Wildman–Crippen LogP) is 0.885. The van der Waals surface area contributed by atoms with E-state index in [-0.39, 0.29) is 36.3 Å². The third-order valence-corrected chi connectivity index (χ3v) is 0. The molecule has 0 amide bonds. The molecule has 0 N–H and O–H groups in total. The molecule has 0 spiro atoms. The first-order valence-electron chi connectivity index (χ1n) is 0.535. The van der Waals surface area contributed by atoms with Crippen molar-refractivity contribution in [3.8, 4) is 0 Å². The Bertz CT molecular complexity index is 9.61. The zero-order chi connectivity index (χ0) is 2.71. The third kappa shape index (κ3) is 9.55. The van der Waals surface area contributed by atoms with Gasteiger partial charge in [0.25, 0.3) is 0 Å². The van der Waals surface area contributed by atoms with Crippen molar-refractivity contribution in [2.24, 2.45) is 0 Å². The average molecular weight is 110 g/mol. The van der Waals surface area contributed by atoms with E-state index in [1.54, 1.807) is 0 Å². The number of alkyl halides is 2. The molecule has 0 aromatic carbocycles. The number of hydrogen-bond acceptors (Lipinski definition) is 0. The summed E-state index contributed by atoms with van der Waals surface area (Å²) in [5, 5.41) is 0.194. The second-order valence-corrected chi connectivity index (χ2v) is 0.909. The Kier molecular flexibility index (Phi) is 20.1. The molecule has 0 bridgehead atoms. The van der Waals surface area contributed by atoms with Crippen LogP contribution in [0.2, 0.25) is 0 Å². The van der Waals surface area contributed by atoms with Crippen molar-refractivity contribution in [3.05, 3.63) is 0 Å². The molecule has 0 unspecified atom stereocenters. The molecule has 0 saturated carbocycles. The minimum atomic E-state index is 0. The van der Waals surface area contributed by atoms with Crippen LogP contribution in [-0.2, 0) is 0 Å². The Balaban J connectivity index is -0.0000000200. The van der Waals surface area contributed by atoms with Crippen LogP contribution in [0.3, 0.4) is 0 Å². The second kappa shape index (κ2) is 8.82. The van der Waals surface area contributed by atoms with Crippen molar-refractivity contribution in [1.29, 1.82) is 0 Å². The molecule has 0 aliphatic carbocycles. The molecule has 0 radical (unpaired) electrons. The standard InChI is InChI=1S/CH2Cl2.Na.H/c2-1-3;;/h1H2;;/p+1. The molecule has 0 fully saturated rings. The molecule has 0 aliphatic heterocycles.